The number of hydrogen-bond donors (Lipinski definition) is 0. The summed E-state index contributed by atoms with van der Waals surface area (Å²) >= 11 is 0. The summed E-state index contributed by atoms with van der Waals surface area (Å²) in [7, 11) is 0. The van der Waals surface area contributed by atoms with Crippen LogP contribution in [0.1, 0.15) is 30.4 Å². The van der Waals surface area contributed by atoms with Gasteiger partial charge in [0.25, 0.3) is 0 Å². The van der Waals surface area contributed by atoms with E-state index < -0.39 is 0 Å². The molecule has 0 saturated heterocycles. The monoisotopic (exact) mass is 273 g/mol. The Morgan fingerprint density at radius 2 is 2.19 bits per heavy atom. The minimum absolute atomic E-state index is 0.401. The average molecular weight is 273 g/mol. The smallest absolute Gasteiger partial charge is 0.0740 e. The van der Waals surface area contributed by atoms with Crippen molar-refractivity contribution in [1.82, 2.24) is 0 Å². The first-order valence-corrected chi connectivity index (χ1v) is 7.73. The van der Waals surface area contributed by atoms with Gasteiger partial charge in [-0.1, -0.05) is 53.6 Å². The highest BCUT2D eigenvalue weighted by Gasteiger charge is 2.28. The van der Waals surface area contributed by atoms with E-state index in [0.29, 0.717) is 5.92 Å². The zero-order chi connectivity index (χ0) is 14.2. The van der Waals surface area contributed by atoms with Crippen molar-refractivity contribution < 1.29 is 0 Å². The second-order valence-electron chi connectivity index (χ2n) is 6.03. The highest BCUT2D eigenvalue weighted by Crippen LogP contribution is 2.39. The largest absolute Gasteiger partial charge is 0.256 e. The van der Waals surface area contributed by atoms with E-state index in [1.54, 1.807) is 5.57 Å². The van der Waals surface area contributed by atoms with Crippen LogP contribution in [0.5, 0.6) is 0 Å². The van der Waals surface area contributed by atoms with Crippen molar-refractivity contribution in [2.45, 2.75) is 26.2 Å². The van der Waals surface area contributed by atoms with E-state index in [0.717, 1.165) is 12.1 Å². The summed E-state index contributed by atoms with van der Waals surface area (Å²) in [6, 6.07) is 8.66. The number of benzene rings is 1. The van der Waals surface area contributed by atoms with Gasteiger partial charge in [0, 0.05) is 17.7 Å². The molecule has 0 amide bonds. The first kappa shape index (κ1) is 12.6. The van der Waals surface area contributed by atoms with Crippen LogP contribution in [-0.4, -0.2) is 5.71 Å². The topological polar surface area (TPSA) is 12.4 Å². The van der Waals surface area contributed by atoms with Crippen LogP contribution in [0.25, 0.3) is 0 Å². The molecule has 1 aliphatic heterocycles. The highest BCUT2D eigenvalue weighted by molar-refractivity contribution is 6.14. The highest BCUT2D eigenvalue weighted by atomic mass is 14.7. The van der Waals surface area contributed by atoms with Crippen LogP contribution in [0.15, 0.2) is 76.5 Å². The Bertz CT molecular complexity index is 741. The molecule has 4 rings (SSSR count). The maximum atomic E-state index is 4.68. The van der Waals surface area contributed by atoms with Crippen molar-refractivity contribution in [1.29, 1.82) is 0 Å². The molecule has 0 spiro atoms. The summed E-state index contributed by atoms with van der Waals surface area (Å²) in [6.07, 6.45) is 14.8. The van der Waals surface area contributed by atoms with Crippen molar-refractivity contribution in [3.63, 3.8) is 0 Å². The summed E-state index contributed by atoms with van der Waals surface area (Å²) in [6.45, 7) is 2.14. The van der Waals surface area contributed by atoms with Crippen molar-refractivity contribution in [2.24, 2.45) is 10.9 Å². The molecule has 0 N–H and O–H groups in total. The van der Waals surface area contributed by atoms with Gasteiger partial charge in [-0.2, -0.15) is 0 Å². The summed E-state index contributed by atoms with van der Waals surface area (Å²) in [5.74, 6) is 0.401. The zero-order valence-electron chi connectivity index (χ0n) is 12.3. The van der Waals surface area contributed by atoms with Crippen LogP contribution in [0.3, 0.4) is 0 Å². The van der Waals surface area contributed by atoms with Gasteiger partial charge in [0.05, 0.1) is 5.71 Å². The van der Waals surface area contributed by atoms with Crippen molar-refractivity contribution in [2.75, 3.05) is 0 Å². The third-order valence-electron chi connectivity index (χ3n) is 4.60. The van der Waals surface area contributed by atoms with Gasteiger partial charge in [-0.25, -0.2) is 0 Å². The van der Waals surface area contributed by atoms with Crippen molar-refractivity contribution in [3.8, 4) is 0 Å². The van der Waals surface area contributed by atoms with Gasteiger partial charge < -0.3 is 0 Å². The first-order chi connectivity index (χ1) is 10.3. The van der Waals surface area contributed by atoms with Crippen molar-refractivity contribution in [3.05, 3.63) is 82.6 Å². The van der Waals surface area contributed by atoms with E-state index in [1.807, 2.05) is 6.20 Å². The third-order valence-corrected chi connectivity index (χ3v) is 4.60. The Morgan fingerprint density at radius 3 is 3.10 bits per heavy atom. The average Bonchev–Trinajstić information content (AvgIpc) is 2.54. The summed E-state index contributed by atoms with van der Waals surface area (Å²) in [5.41, 5.74) is 8.18. The maximum Gasteiger partial charge on any atom is 0.0740 e. The van der Waals surface area contributed by atoms with E-state index in [9.17, 15) is 0 Å². The predicted molar refractivity (Wildman–Crippen MR) is 88.4 cm³/mol. The minimum Gasteiger partial charge on any atom is -0.256 e. The fraction of sp³-hybridized carbons (Fsp3) is 0.250. The predicted octanol–water partition coefficient (Wildman–Crippen LogP) is 4.90. The van der Waals surface area contributed by atoms with E-state index in [1.165, 1.54) is 35.1 Å². The molecule has 1 nitrogen and oxygen atoms in total. The van der Waals surface area contributed by atoms with Gasteiger partial charge in [-0.05, 0) is 43.4 Å². The normalized spacial score (nSPS) is 23.4. The molecule has 21 heavy (non-hydrogen) atoms. The van der Waals surface area contributed by atoms with Gasteiger partial charge in [0.15, 0.2) is 0 Å². The van der Waals surface area contributed by atoms with Crippen LogP contribution in [0.4, 0.5) is 0 Å². The van der Waals surface area contributed by atoms with Crippen LogP contribution >= 0.6 is 0 Å². The molecule has 0 aromatic heterocycles. The lowest BCUT2D eigenvalue weighted by atomic mass is 9.75. The SMILES string of the molecule is Cc1cccc(C2=NC=CC3C2=CCC2=C3C=CCC2)c1. The lowest BCUT2D eigenvalue weighted by Crippen LogP contribution is -2.21. The Labute approximate surface area is 126 Å². The first-order valence-electron chi connectivity index (χ1n) is 7.73. The molecular weight excluding hydrogens is 254 g/mol. The van der Waals surface area contributed by atoms with Crippen LogP contribution < -0.4 is 0 Å². The molecule has 0 bridgehead atoms. The van der Waals surface area contributed by atoms with Crippen molar-refractivity contribution >= 4 is 5.71 Å². The molecular formula is C20H19N. The lowest BCUT2D eigenvalue weighted by Gasteiger charge is -2.30. The Balaban J connectivity index is 1.76. The standard InChI is InChI=1S/C20H19N/c1-14-5-4-7-16(13-14)20-19-10-9-15-6-2-3-8-17(15)18(19)11-12-21-20/h3-5,7-8,10-13,18H,2,6,9H2,1H3. The Kier molecular flexibility index (Phi) is 2.99. The second kappa shape index (κ2) is 5.00. The zero-order valence-corrected chi connectivity index (χ0v) is 12.3. The number of allylic oxidation sites excluding steroid dienone is 7. The third kappa shape index (κ3) is 2.13. The molecule has 1 heteroatoms. The van der Waals surface area contributed by atoms with Crippen LogP contribution in [-0.2, 0) is 0 Å². The number of nitrogens with zero attached hydrogens (tertiary/aromatic N) is 1. The van der Waals surface area contributed by atoms with Gasteiger partial charge >= 0.3 is 0 Å². The number of fused-ring (bicyclic) bond motifs is 2. The molecule has 1 heterocycles. The minimum atomic E-state index is 0.401. The molecule has 0 radical (unpaired) electrons. The summed E-state index contributed by atoms with van der Waals surface area (Å²) in [4.78, 5) is 4.68. The molecule has 0 fully saturated rings. The number of rotatable bonds is 1. The fourth-order valence-corrected chi connectivity index (χ4v) is 3.56. The van der Waals surface area contributed by atoms with Gasteiger partial charge in [0.1, 0.15) is 0 Å². The summed E-state index contributed by atoms with van der Waals surface area (Å²) in [5, 5.41) is 0. The lowest BCUT2D eigenvalue weighted by molar-refractivity contribution is 0.803. The van der Waals surface area contributed by atoms with Crippen LogP contribution in [0.2, 0.25) is 0 Å². The molecule has 1 atom stereocenters. The summed E-state index contributed by atoms with van der Waals surface area (Å²) < 4.78 is 0. The second-order valence-corrected chi connectivity index (χ2v) is 6.03. The fourth-order valence-electron chi connectivity index (χ4n) is 3.56. The van der Waals surface area contributed by atoms with E-state index in [4.69, 9.17) is 0 Å². The van der Waals surface area contributed by atoms with Gasteiger partial charge in [0.2, 0.25) is 0 Å². The number of aryl methyl sites for hydroxylation is 1. The molecule has 3 aliphatic rings. The van der Waals surface area contributed by atoms with Crippen LogP contribution in [0, 0.1) is 12.8 Å². The molecule has 0 saturated carbocycles. The molecule has 1 aromatic carbocycles. The quantitative estimate of drug-likeness (QED) is 0.689. The molecule has 104 valence electrons. The Morgan fingerprint density at radius 1 is 1.24 bits per heavy atom. The molecule has 1 aromatic rings. The molecule has 2 aliphatic carbocycles. The molecule has 1 unspecified atom stereocenters. The number of hydrogen-bond acceptors (Lipinski definition) is 1. The Hall–Kier alpha value is -2.15. The van der Waals surface area contributed by atoms with Gasteiger partial charge in [-0.15, -0.1) is 0 Å². The maximum absolute atomic E-state index is 4.68. The van der Waals surface area contributed by atoms with Gasteiger partial charge in [-0.3, -0.25) is 4.99 Å². The number of aliphatic imine (C=N–C) groups is 1. The van der Waals surface area contributed by atoms with E-state index >= 15 is 0 Å². The van der Waals surface area contributed by atoms with E-state index in [2.05, 4.69) is 60.5 Å². The van der Waals surface area contributed by atoms with E-state index in [-0.39, 0.29) is 0 Å².